The van der Waals surface area contributed by atoms with E-state index in [2.05, 4.69) is 5.32 Å². The number of ether oxygens (including phenoxy) is 1. The molecule has 1 fully saturated rings. The normalized spacial score (nSPS) is 18.3. The molecular weight excluding hydrogens is 391 g/mol. The largest absolute Gasteiger partial charge is 0.464 e. The minimum Gasteiger partial charge on any atom is -0.464 e. The molecule has 156 valence electrons. The molecule has 0 saturated carbocycles. The van der Waals surface area contributed by atoms with E-state index in [0.29, 0.717) is 11.1 Å². The number of Topliss-reactive ketones (excluding diaryl/α,β-unsaturated/α-hetero) is 1. The molecule has 1 heterocycles. The van der Waals surface area contributed by atoms with Crippen molar-refractivity contribution in [3.05, 3.63) is 71.5 Å². The van der Waals surface area contributed by atoms with Gasteiger partial charge in [-0.1, -0.05) is 30.3 Å². The second kappa shape index (κ2) is 8.86. The van der Waals surface area contributed by atoms with Crippen LogP contribution in [-0.4, -0.2) is 41.7 Å². The Bertz CT molecular complexity index is 961. The highest BCUT2D eigenvalue weighted by Crippen LogP contribution is 2.28. The predicted molar refractivity (Wildman–Crippen MR) is 105 cm³/mol. The van der Waals surface area contributed by atoms with Gasteiger partial charge in [-0.2, -0.15) is 0 Å². The Balaban J connectivity index is 1.48. The molecule has 2 aromatic rings. The third kappa shape index (κ3) is 4.53. The van der Waals surface area contributed by atoms with Crippen molar-refractivity contribution in [3.8, 4) is 0 Å². The lowest BCUT2D eigenvalue weighted by Gasteiger charge is -2.21. The highest BCUT2D eigenvalue weighted by Gasteiger charge is 2.49. The number of rotatable bonds is 8. The van der Waals surface area contributed by atoms with Gasteiger partial charge >= 0.3 is 12.0 Å². The summed E-state index contributed by atoms with van der Waals surface area (Å²) in [6.07, 6.45) is 0.387. The Morgan fingerprint density at radius 3 is 2.40 bits per heavy atom. The van der Waals surface area contributed by atoms with Gasteiger partial charge < -0.3 is 10.1 Å². The smallest absolute Gasteiger partial charge is 0.326 e. The van der Waals surface area contributed by atoms with Crippen molar-refractivity contribution in [2.45, 2.75) is 25.3 Å². The van der Waals surface area contributed by atoms with E-state index in [9.17, 15) is 23.6 Å². The number of hydrogen-bond donors (Lipinski definition) is 1. The van der Waals surface area contributed by atoms with Crippen LogP contribution in [0.1, 0.15) is 35.7 Å². The van der Waals surface area contributed by atoms with Crippen LogP contribution in [0.2, 0.25) is 0 Å². The van der Waals surface area contributed by atoms with E-state index in [1.54, 1.807) is 37.3 Å². The first kappa shape index (κ1) is 21.2. The number of amides is 3. The number of carbonyl (C=O) groups is 4. The molecule has 0 spiro atoms. The fourth-order valence-corrected chi connectivity index (χ4v) is 3.18. The zero-order valence-corrected chi connectivity index (χ0v) is 16.4. The number of nitrogens with one attached hydrogen (secondary N) is 1. The number of nitrogens with zero attached hydrogens (tertiary/aromatic N) is 1. The number of imide groups is 1. The van der Waals surface area contributed by atoms with Gasteiger partial charge in [-0.25, -0.2) is 9.18 Å². The fourth-order valence-electron chi connectivity index (χ4n) is 3.18. The molecule has 8 heteroatoms. The van der Waals surface area contributed by atoms with Crippen molar-refractivity contribution in [2.75, 3.05) is 13.2 Å². The maximum Gasteiger partial charge on any atom is 0.326 e. The zero-order valence-electron chi connectivity index (χ0n) is 16.4. The molecule has 0 bridgehead atoms. The lowest BCUT2D eigenvalue weighted by Crippen LogP contribution is -2.41. The average molecular weight is 412 g/mol. The molecule has 1 aliphatic heterocycles. The van der Waals surface area contributed by atoms with Crippen LogP contribution >= 0.6 is 0 Å². The van der Waals surface area contributed by atoms with Gasteiger partial charge in [-0.3, -0.25) is 19.3 Å². The summed E-state index contributed by atoms with van der Waals surface area (Å²) in [4.78, 5) is 49.8. The number of benzene rings is 2. The highest BCUT2D eigenvalue weighted by molar-refractivity contribution is 6.08. The molecule has 30 heavy (non-hydrogen) atoms. The zero-order chi connectivity index (χ0) is 21.7. The van der Waals surface area contributed by atoms with Crippen molar-refractivity contribution in [1.29, 1.82) is 0 Å². The number of esters is 1. The van der Waals surface area contributed by atoms with Crippen LogP contribution in [0, 0.1) is 5.82 Å². The first-order valence-electron chi connectivity index (χ1n) is 9.45. The van der Waals surface area contributed by atoms with Crippen LogP contribution in [0.3, 0.4) is 0 Å². The molecule has 1 saturated heterocycles. The number of carbonyl (C=O) groups excluding carboxylic acids is 4. The summed E-state index contributed by atoms with van der Waals surface area (Å²) in [6.45, 7) is 1.03. The van der Waals surface area contributed by atoms with E-state index in [1.807, 2.05) is 0 Å². The summed E-state index contributed by atoms with van der Waals surface area (Å²) in [7, 11) is 0. The van der Waals surface area contributed by atoms with Crippen molar-refractivity contribution in [2.24, 2.45) is 0 Å². The van der Waals surface area contributed by atoms with E-state index >= 15 is 0 Å². The summed E-state index contributed by atoms with van der Waals surface area (Å²) < 4.78 is 17.9. The van der Waals surface area contributed by atoms with Crippen LogP contribution in [-0.2, 0) is 19.9 Å². The maximum absolute atomic E-state index is 12.9. The molecular formula is C22H21FN2O5. The highest BCUT2D eigenvalue weighted by atomic mass is 19.1. The Morgan fingerprint density at radius 2 is 1.73 bits per heavy atom. The van der Waals surface area contributed by atoms with Crippen molar-refractivity contribution in [3.63, 3.8) is 0 Å². The quantitative estimate of drug-likeness (QED) is 0.312. The maximum atomic E-state index is 12.9. The van der Waals surface area contributed by atoms with Gasteiger partial charge in [-0.05, 0) is 43.2 Å². The molecule has 1 atom stereocenters. The third-order valence-electron chi connectivity index (χ3n) is 4.89. The molecule has 0 aromatic heterocycles. The van der Waals surface area contributed by atoms with E-state index in [1.165, 1.54) is 24.3 Å². The second-order valence-electron chi connectivity index (χ2n) is 7.07. The number of urea groups is 1. The van der Waals surface area contributed by atoms with Crippen LogP contribution < -0.4 is 5.32 Å². The van der Waals surface area contributed by atoms with Gasteiger partial charge in [0.2, 0.25) is 0 Å². The summed E-state index contributed by atoms with van der Waals surface area (Å²) in [5, 5.41) is 2.61. The summed E-state index contributed by atoms with van der Waals surface area (Å²) in [6, 6.07) is 13.3. The third-order valence-corrected chi connectivity index (χ3v) is 4.89. The van der Waals surface area contributed by atoms with Crippen molar-refractivity contribution >= 4 is 23.7 Å². The van der Waals surface area contributed by atoms with E-state index in [-0.39, 0.29) is 25.2 Å². The second-order valence-corrected chi connectivity index (χ2v) is 7.07. The van der Waals surface area contributed by atoms with Crippen molar-refractivity contribution < 1.29 is 28.3 Å². The minimum absolute atomic E-state index is 0.0363. The SMILES string of the molecule is C[C@@]1(c2ccccc2)NC(=O)N(CC(=O)OCCCC(=O)c2ccc(F)cc2)C1=O. The summed E-state index contributed by atoms with van der Waals surface area (Å²) in [5.74, 6) is -1.91. The number of ketones is 1. The van der Waals surface area contributed by atoms with E-state index in [0.717, 1.165) is 4.90 Å². The van der Waals surface area contributed by atoms with Gasteiger partial charge in [0.25, 0.3) is 5.91 Å². The topological polar surface area (TPSA) is 92.8 Å². The molecule has 2 aromatic carbocycles. The molecule has 3 amide bonds. The Labute approximate surface area is 172 Å². The molecule has 3 rings (SSSR count). The van der Waals surface area contributed by atoms with Crippen LogP contribution in [0.15, 0.2) is 54.6 Å². The van der Waals surface area contributed by atoms with Crippen LogP contribution in [0.5, 0.6) is 0 Å². The molecule has 1 N–H and O–H groups in total. The molecule has 0 radical (unpaired) electrons. The summed E-state index contributed by atoms with van der Waals surface area (Å²) >= 11 is 0. The minimum atomic E-state index is -1.25. The van der Waals surface area contributed by atoms with Crippen LogP contribution in [0.25, 0.3) is 0 Å². The van der Waals surface area contributed by atoms with Gasteiger partial charge in [-0.15, -0.1) is 0 Å². The molecule has 7 nitrogen and oxygen atoms in total. The van der Waals surface area contributed by atoms with Gasteiger partial charge in [0.05, 0.1) is 6.61 Å². The molecule has 0 unspecified atom stereocenters. The van der Waals surface area contributed by atoms with Gasteiger partial charge in [0.1, 0.15) is 17.9 Å². The van der Waals surface area contributed by atoms with Gasteiger partial charge in [0.15, 0.2) is 5.78 Å². The van der Waals surface area contributed by atoms with Crippen molar-refractivity contribution in [1.82, 2.24) is 10.2 Å². The van der Waals surface area contributed by atoms with E-state index < -0.39 is 35.8 Å². The Morgan fingerprint density at radius 1 is 1.07 bits per heavy atom. The Kier molecular flexibility index (Phi) is 6.25. The van der Waals surface area contributed by atoms with E-state index in [4.69, 9.17) is 4.74 Å². The molecule has 1 aliphatic rings. The van der Waals surface area contributed by atoms with Crippen LogP contribution in [0.4, 0.5) is 9.18 Å². The lowest BCUT2D eigenvalue weighted by atomic mass is 9.92. The standard InChI is InChI=1S/C22H21FN2O5/c1-22(16-6-3-2-4-7-16)20(28)25(21(29)24-22)14-19(27)30-13-5-8-18(26)15-9-11-17(23)12-10-15/h2-4,6-7,9-12H,5,8,13-14H2,1H3,(H,24,29)/t22-/m0/s1. The first-order valence-corrected chi connectivity index (χ1v) is 9.45. The fraction of sp³-hybridized carbons (Fsp3) is 0.273. The lowest BCUT2D eigenvalue weighted by molar-refractivity contribution is -0.147. The molecule has 0 aliphatic carbocycles. The average Bonchev–Trinajstić information content (AvgIpc) is 2.96. The summed E-state index contributed by atoms with van der Waals surface area (Å²) in [5.41, 5.74) is -0.263. The first-order chi connectivity index (χ1) is 14.3. The Hall–Kier alpha value is -3.55. The number of halogens is 1. The van der Waals surface area contributed by atoms with Gasteiger partial charge in [0, 0.05) is 12.0 Å². The predicted octanol–water partition coefficient (Wildman–Crippen LogP) is 2.80. The number of hydrogen-bond acceptors (Lipinski definition) is 5. The monoisotopic (exact) mass is 412 g/mol.